The monoisotopic (exact) mass is 375 g/mol. The van der Waals surface area contributed by atoms with Crippen molar-refractivity contribution in [1.82, 2.24) is 34.4 Å². The summed E-state index contributed by atoms with van der Waals surface area (Å²) in [6.07, 6.45) is 10.1. The van der Waals surface area contributed by atoms with Gasteiger partial charge in [0.15, 0.2) is 0 Å². The van der Waals surface area contributed by atoms with Gasteiger partial charge in [-0.1, -0.05) is 0 Å². The fourth-order valence-electron chi connectivity index (χ4n) is 3.87. The van der Waals surface area contributed by atoms with Crippen LogP contribution in [0.5, 0.6) is 5.75 Å². The van der Waals surface area contributed by atoms with Gasteiger partial charge in [0.2, 0.25) is 0 Å². The minimum atomic E-state index is 0.0264. The van der Waals surface area contributed by atoms with E-state index in [4.69, 9.17) is 4.74 Å². The van der Waals surface area contributed by atoms with Crippen molar-refractivity contribution < 1.29 is 4.74 Å². The maximum absolute atomic E-state index is 5.27. The van der Waals surface area contributed by atoms with Crippen LogP contribution in [0.25, 0.3) is 5.69 Å². The Morgan fingerprint density at radius 2 is 2.04 bits per heavy atom. The van der Waals surface area contributed by atoms with E-state index in [1.807, 2.05) is 42.9 Å². The number of hydrogen-bond acceptors (Lipinski definition) is 5. The van der Waals surface area contributed by atoms with Crippen LogP contribution in [0.1, 0.15) is 28.9 Å². The van der Waals surface area contributed by atoms with Crippen LogP contribution in [0.15, 0.2) is 55.5 Å². The number of hydrogen-bond donors (Lipinski definition) is 2. The number of nitrogens with one attached hydrogen (secondary N) is 2. The van der Waals surface area contributed by atoms with E-state index < -0.39 is 0 Å². The lowest BCUT2D eigenvalue weighted by atomic mass is 10.0. The van der Waals surface area contributed by atoms with E-state index in [2.05, 4.69) is 34.4 Å². The van der Waals surface area contributed by atoms with E-state index >= 15 is 0 Å². The Bertz CT molecular complexity index is 1050. The summed E-state index contributed by atoms with van der Waals surface area (Å²) in [5, 5.41) is 0. The van der Waals surface area contributed by atoms with Gasteiger partial charge in [-0.25, -0.2) is 15.0 Å². The molecule has 2 N–H and O–H groups in total. The molecular formula is C20H21N7O. The van der Waals surface area contributed by atoms with E-state index in [0.29, 0.717) is 6.54 Å². The first-order valence-corrected chi connectivity index (χ1v) is 9.24. The number of nitrogens with zero attached hydrogens (tertiary/aromatic N) is 5. The van der Waals surface area contributed by atoms with Crippen molar-refractivity contribution in [3.8, 4) is 11.4 Å². The Morgan fingerprint density at radius 3 is 2.82 bits per heavy atom. The molecule has 1 atom stereocenters. The second-order valence-corrected chi connectivity index (χ2v) is 6.81. The number of H-pyrrole nitrogens is 2. The number of aromatic amines is 2. The Kier molecular flexibility index (Phi) is 4.17. The van der Waals surface area contributed by atoms with Crippen LogP contribution in [0.4, 0.5) is 0 Å². The largest absolute Gasteiger partial charge is 0.497 e. The maximum atomic E-state index is 5.27. The molecule has 0 aliphatic carbocycles. The molecule has 28 heavy (non-hydrogen) atoms. The number of methoxy groups -OCH3 is 1. The molecule has 1 aliphatic rings. The number of imidazole rings is 3. The van der Waals surface area contributed by atoms with Gasteiger partial charge in [-0.05, 0) is 24.3 Å². The quantitative estimate of drug-likeness (QED) is 0.560. The molecule has 1 aliphatic heterocycles. The number of ether oxygens (including phenoxy) is 1. The highest BCUT2D eigenvalue weighted by atomic mass is 16.5. The highest BCUT2D eigenvalue weighted by Gasteiger charge is 2.32. The molecule has 5 rings (SSSR count). The average molecular weight is 375 g/mol. The zero-order valence-electron chi connectivity index (χ0n) is 15.5. The second-order valence-electron chi connectivity index (χ2n) is 6.81. The first-order valence-electron chi connectivity index (χ1n) is 9.24. The molecule has 0 unspecified atom stereocenters. The van der Waals surface area contributed by atoms with Crippen LogP contribution in [0, 0.1) is 0 Å². The molecule has 0 spiro atoms. The summed E-state index contributed by atoms with van der Waals surface area (Å²) in [5.74, 6) is 1.82. The SMILES string of the molecule is COc1ccc(-n2ccnc2CN2CCc3[nH]cnc3[C@@H]2c2cnc[nH]2)cc1. The molecule has 4 aromatic rings. The molecule has 4 heterocycles. The van der Waals surface area contributed by atoms with Gasteiger partial charge in [-0.3, -0.25) is 4.90 Å². The molecule has 0 radical (unpaired) electrons. The highest BCUT2D eigenvalue weighted by Crippen LogP contribution is 2.33. The third-order valence-corrected chi connectivity index (χ3v) is 5.25. The minimum absolute atomic E-state index is 0.0264. The van der Waals surface area contributed by atoms with Crippen molar-refractivity contribution in [2.75, 3.05) is 13.7 Å². The van der Waals surface area contributed by atoms with Crippen molar-refractivity contribution in [2.24, 2.45) is 0 Å². The zero-order valence-corrected chi connectivity index (χ0v) is 15.5. The van der Waals surface area contributed by atoms with Gasteiger partial charge in [0.05, 0.1) is 43.7 Å². The molecule has 142 valence electrons. The standard InChI is InChI=1S/C20H21N7O/c1-28-15-4-2-14(3-5-15)27-9-7-22-18(27)11-26-8-6-16-19(25-13-24-16)20(26)17-10-21-12-23-17/h2-5,7,9-10,12-13,20H,6,8,11H2,1H3,(H,21,23)(H,24,25)/t20-/m0/s1. The lowest BCUT2D eigenvalue weighted by Gasteiger charge is -2.34. The molecular weight excluding hydrogens is 354 g/mol. The highest BCUT2D eigenvalue weighted by molar-refractivity contribution is 5.38. The van der Waals surface area contributed by atoms with Crippen LogP contribution in [-0.2, 0) is 13.0 Å². The average Bonchev–Trinajstić information content (AvgIpc) is 3.49. The number of rotatable bonds is 5. The van der Waals surface area contributed by atoms with Crippen molar-refractivity contribution >= 4 is 0 Å². The Hall–Kier alpha value is -3.39. The van der Waals surface area contributed by atoms with Crippen LogP contribution < -0.4 is 4.74 Å². The van der Waals surface area contributed by atoms with Gasteiger partial charge in [0.25, 0.3) is 0 Å². The van der Waals surface area contributed by atoms with E-state index in [1.54, 1.807) is 19.8 Å². The predicted octanol–water partition coefficient (Wildman–Crippen LogP) is 2.47. The number of fused-ring (bicyclic) bond motifs is 1. The maximum Gasteiger partial charge on any atom is 0.127 e. The molecule has 0 bridgehead atoms. The van der Waals surface area contributed by atoms with Crippen molar-refractivity contribution in [1.29, 1.82) is 0 Å². The summed E-state index contributed by atoms with van der Waals surface area (Å²) < 4.78 is 7.38. The lowest BCUT2D eigenvalue weighted by Crippen LogP contribution is -2.36. The molecule has 1 aromatic carbocycles. The number of benzene rings is 1. The summed E-state index contributed by atoms with van der Waals surface area (Å²) in [7, 11) is 1.67. The van der Waals surface area contributed by atoms with Gasteiger partial charge < -0.3 is 19.3 Å². The fraction of sp³-hybridized carbons (Fsp3) is 0.250. The lowest BCUT2D eigenvalue weighted by molar-refractivity contribution is 0.191. The summed E-state index contributed by atoms with van der Waals surface area (Å²) >= 11 is 0. The summed E-state index contributed by atoms with van der Waals surface area (Å²) in [6.45, 7) is 1.61. The molecule has 0 saturated carbocycles. The number of aromatic nitrogens is 6. The van der Waals surface area contributed by atoms with Gasteiger partial charge >= 0.3 is 0 Å². The minimum Gasteiger partial charge on any atom is -0.497 e. The zero-order chi connectivity index (χ0) is 18.9. The van der Waals surface area contributed by atoms with E-state index in [1.165, 1.54) is 5.69 Å². The van der Waals surface area contributed by atoms with Crippen LogP contribution >= 0.6 is 0 Å². The van der Waals surface area contributed by atoms with E-state index in [9.17, 15) is 0 Å². The van der Waals surface area contributed by atoms with Gasteiger partial charge in [0, 0.05) is 42.9 Å². The second kappa shape index (κ2) is 6.97. The van der Waals surface area contributed by atoms with Gasteiger partial charge in [0.1, 0.15) is 11.6 Å². The van der Waals surface area contributed by atoms with E-state index in [0.717, 1.165) is 41.6 Å². The molecule has 8 heteroatoms. The third kappa shape index (κ3) is 2.87. The smallest absolute Gasteiger partial charge is 0.127 e. The Balaban J connectivity index is 1.47. The molecule has 8 nitrogen and oxygen atoms in total. The van der Waals surface area contributed by atoms with Crippen molar-refractivity contribution in [3.05, 3.63) is 78.4 Å². The van der Waals surface area contributed by atoms with Crippen molar-refractivity contribution in [2.45, 2.75) is 19.0 Å². The topological polar surface area (TPSA) is 87.7 Å². The summed E-state index contributed by atoms with van der Waals surface area (Å²) in [4.78, 5) is 22.3. The molecule has 0 amide bonds. The van der Waals surface area contributed by atoms with Crippen molar-refractivity contribution in [3.63, 3.8) is 0 Å². The van der Waals surface area contributed by atoms with Gasteiger partial charge in [-0.15, -0.1) is 0 Å². The molecule has 3 aromatic heterocycles. The normalized spacial score (nSPS) is 16.8. The van der Waals surface area contributed by atoms with Crippen LogP contribution in [0.2, 0.25) is 0 Å². The van der Waals surface area contributed by atoms with Gasteiger partial charge in [-0.2, -0.15) is 0 Å². The molecule has 0 saturated heterocycles. The Labute approximate surface area is 162 Å². The predicted molar refractivity (Wildman–Crippen MR) is 103 cm³/mol. The summed E-state index contributed by atoms with van der Waals surface area (Å²) in [5.41, 5.74) is 4.34. The van der Waals surface area contributed by atoms with Crippen LogP contribution in [-0.4, -0.2) is 48.0 Å². The first-order chi connectivity index (χ1) is 13.8. The van der Waals surface area contributed by atoms with E-state index in [-0.39, 0.29) is 6.04 Å². The summed E-state index contributed by atoms with van der Waals surface area (Å²) in [6, 6.07) is 8.03. The first kappa shape index (κ1) is 16.8. The molecule has 0 fully saturated rings. The van der Waals surface area contributed by atoms with Crippen LogP contribution in [0.3, 0.4) is 0 Å². The fourth-order valence-corrected chi connectivity index (χ4v) is 3.87. The third-order valence-electron chi connectivity index (χ3n) is 5.25. The Morgan fingerprint density at radius 1 is 1.14 bits per heavy atom.